The molecule has 2 aromatic carbocycles. The second-order valence-electron chi connectivity index (χ2n) is 8.74. The van der Waals surface area contributed by atoms with Gasteiger partial charge in [0.1, 0.15) is 13.2 Å². The first-order valence-corrected chi connectivity index (χ1v) is 12.9. The molecule has 2 aliphatic heterocycles. The summed E-state index contributed by atoms with van der Waals surface area (Å²) >= 11 is 0. The van der Waals surface area contributed by atoms with E-state index in [1.54, 1.807) is 0 Å². The van der Waals surface area contributed by atoms with Gasteiger partial charge in [-0.1, -0.05) is 18.1 Å². The number of anilines is 1. The van der Waals surface area contributed by atoms with E-state index in [9.17, 15) is 13.2 Å². The van der Waals surface area contributed by atoms with Crippen LogP contribution in [0.15, 0.2) is 51.8 Å². The summed E-state index contributed by atoms with van der Waals surface area (Å²) in [5.41, 5.74) is 1.18. The number of sulfonamides is 1. The SMILES string of the molecule is CC1CCCN(S(=O)(=O)c2ccc(C(=O)Nc3nnc(Cc4ccc5c(c4)OCCO5)o3)cc2)C1. The van der Waals surface area contributed by atoms with Gasteiger partial charge in [-0.15, -0.1) is 5.10 Å². The van der Waals surface area contributed by atoms with Gasteiger partial charge in [0.25, 0.3) is 5.91 Å². The first-order chi connectivity index (χ1) is 16.9. The number of carbonyl (C=O) groups excluding carboxylic acids is 1. The van der Waals surface area contributed by atoms with Gasteiger partial charge in [-0.3, -0.25) is 10.1 Å². The highest BCUT2D eigenvalue weighted by molar-refractivity contribution is 7.89. The minimum absolute atomic E-state index is 0.0402. The number of carbonyl (C=O) groups is 1. The standard InChI is InChI=1S/C24H26N4O6S/c1-16-3-2-10-28(15-16)35(30,31)19-7-5-18(6-8-19)23(29)25-24-27-26-22(34-24)14-17-4-9-20-21(13-17)33-12-11-32-20/h4-9,13,16H,2-3,10-12,14-15H2,1H3,(H,25,27,29). The van der Waals surface area contributed by atoms with E-state index in [2.05, 4.69) is 15.5 Å². The number of ether oxygens (including phenoxy) is 2. The van der Waals surface area contributed by atoms with Crippen molar-refractivity contribution in [3.8, 4) is 11.5 Å². The van der Waals surface area contributed by atoms with Gasteiger partial charge in [0.05, 0.1) is 11.3 Å². The molecule has 0 radical (unpaired) electrons. The molecular formula is C24H26N4O6S. The Morgan fingerprint density at radius 1 is 1.09 bits per heavy atom. The Labute approximate surface area is 203 Å². The second kappa shape index (κ2) is 9.67. The van der Waals surface area contributed by atoms with Gasteiger partial charge in [-0.2, -0.15) is 4.31 Å². The van der Waals surface area contributed by atoms with Crippen molar-refractivity contribution in [2.24, 2.45) is 5.92 Å². The third-order valence-electron chi connectivity index (χ3n) is 6.02. The van der Waals surface area contributed by atoms with Crippen molar-refractivity contribution in [3.05, 3.63) is 59.5 Å². The predicted octanol–water partition coefficient (Wildman–Crippen LogP) is 3.10. The van der Waals surface area contributed by atoms with Crippen LogP contribution in [0.25, 0.3) is 0 Å². The van der Waals surface area contributed by atoms with Crippen molar-refractivity contribution in [3.63, 3.8) is 0 Å². The van der Waals surface area contributed by atoms with Gasteiger partial charge >= 0.3 is 6.01 Å². The summed E-state index contributed by atoms with van der Waals surface area (Å²) < 4.78 is 44.0. The fourth-order valence-corrected chi connectivity index (χ4v) is 5.81. The van der Waals surface area contributed by atoms with Gasteiger partial charge in [-0.25, -0.2) is 8.42 Å². The molecule has 11 heteroatoms. The van der Waals surface area contributed by atoms with Crippen LogP contribution in [0.1, 0.15) is 41.6 Å². The predicted molar refractivity (Wildman–Crippen MR) is 126 cm³/mol. The lowest BCUT2D eigenvalue weighted by Gasteiger charge is -2.30. The minimum atomic E-state index is -3.58. The summed E-state index contributed by atoms with van der Waals surface area (Å²) in [6, 6.07) is 11.4. The van der Waals surface area contributed by atoms with Crippen molar-refractivity contribution in [2.45, 2.75) is 31.1 Å². The van der Waals surface area contributed by atoms with Crippen LogP contribution in [0.3, 0.4) is 0 Å². The van der Waals surface area contributed by atoms with E-state index < -0.39 is 15.9 Å². The highest BCUT2D eigenvalue weighted by Crippen LogP contribution is 2.31. The van der Waals surface area contributed by atoms with E-state index in [4.69, 9.17) is 13.9 Å². The zero-order valence-electron chi connectivity index (χ0n) is 19.3. The van der Waals surface area contributed by atoms with Crippen molar-refractivity contribution in [1.29, 1.82) is 0 Å². The molecule has 1 saturated heterocycles. The van der Waals surface area contributed by atoms with Crippen molar-refractivity contribution in [2.75, 3.05) is 31.6 Å². The lowest BCUT2D eigenvalue weighted by molar-refractivity contribution is 0.102. The highest BCUT2D eigenvalue weighted by Gasteiger charge is 2.28. The summed E-state index contributed by atoms with van der Waals surface area (Å²) in [5.74, 6) is 1.55. The minimum Gasteiger partial charge on any atom is -0.486 e. The normalized spacial score (nSPS) is 18.3. The number of rotatable bonds is 6. The molecule has 1 unspecified atom stereocenters. The molecule has 0 aliphatic carbocycles. The topological polar surface area (TPSA) is 124 Å². The third-order valence-corrected chi connectivity index (χ3v) is 7.90. The van der Waals surface area contributed by atoms with Gasteiger partial charge in [-0.05, 0) is 60.7 Å². The van der Waals surface area contributed by atoms with E-state index in [1.165, 1.54) is 28.6 Å². The molecule has 3 heterocycles. The maximum atomic E-state index is 12.9. The quantitative estimate of drug-likeness (QED) is 0.550. The molecular weight excluding hydrogens is 472 g/mol. The van der Waals surface area contributed by atoms with E-state index in [0.29, 0.717) is 56.0 Å². The summed E-state index contributed by atoms with van der Waals surface area (Å²) in [5, 5.41) is 10.4. The van der Waals surface area contributed by atoms with Gasteiger partial charge < -0.3 is 13.9 Å². The molecule has 1 aromatic heterocycles. The van der Waals surface area contributed by atoms with Crippen LogP contribution < -0.4 is 14.8 Å². The Kier molecular flexibility index (Phi) is 6.44. The molecule has 184 valence electrons. The van der Waals surface area contributed by atoms with E-state index in [1.807, 2.05) is 25.1 Å². The van der Waals surface area contributed by atoms with Crippen molar-refractivity contribution >= 4 is 21.9 Å². The zero-order valence-corrected chi connectivity index (χ0v) is 20.1. The van der Waals surface area contributed by atoms with Gasteiger partial charge in [0.2, 0.25) is 15.9 Å². The average molecular weight is 499 g/mol. The number of piperidine rings is 1. The van der Waals surface area contributed by atoms with Crippen molar-refractivity contribution in [1.82, 2.24) is 14.5 Å². The van der Waals surface area contributed by atoms with Crippen molar-refractivity contribution < 1.29 is 27.1 Å². The Morgan fingerprint density at radius 3 is 2.63 bits per heavy atom. The molecule has 10 nitrogen and oxygen atoms in total. The van der Waals surface area contributed by atoms with Crippen LogP contribution in [0.4, 0.5) is 6.01 Å². The Morgan fingerprint density at radius 2 is 1.86 bits per heavy atom. The van der Waals surface area contributed by atoms with Gasteiger partial charge in [0, 0.05) is 18.7 Å². The summed E-state index contributed by atoms with van der Waals surface area (Å²) in [7, 11) is -3.58. The Bertz CT molecular complexity index is 1320. The molecule has 1 amide bonds. The number of aromatic nitrogens is 2. The lowest BCUT2D eigenvalue weighted by atomic mass is 10.0. The number of amides is 1. The first kappa shape index (κ1) is 23.3. The third kappa shape index (κ3) is 5.15. The Hall–Kier alpha value is -3.44. The smallest absolute Gasteiger partial charge is 0.322 e. The number of fused-ring (bicyclic) bond motifs is 1. The van der Waals surface area contributed by atoms with E-state index >= 15 is 0 Å². The van der Waals surface area contributed by atoms with Crippen LogP contribution in [0.2, 0.25) is 0 Å². The number of benzene rings is 2. The largest absolute Gasteiger partial charge is 0.486 e. The molecule has 0 spiro atoms. The van der Waals surface area contributed by atoms with E-state index in [0.717, 1.165) is 18.4 Å². The molecule has 35 heavy (non-hydrogen) atoms. The first-order valence-electron chi connectivity index (χ1n) is 11.5. The molecule has 1 atom stereocenters. The molecule has 1 N–H and O–H groups in total. The average Bonchev–Trinajstić information content (AvgIpc) is 3.30. The zero-order chi connectivity index (χ0) is 24.4. The summed E-state index contributed by atoms with van der Waals surface area (Å²) in [4.78, 5) is 12.8. The fraction of sp³-hybridized carbons (Fsp3) is 0.375. The van der Waals surface area contributed by atoms with Crippen LogP contribution >= 0.6 is 0 Å². The molecule has 5 rings (SSSR count). The summed E-state index contributed by atoms with van der Waals surface area (Å²) in [6.45, 7) is 4.10. The van der Waals surface area contributed by atoms with Crippen LogP contribution in [0.5, 0.6) is 11.5 Å². The van der Waals surface area contributed by atoms with Gasteiger partial charge in [0.15, 0.2) is 11.5 Å². The number of hydrogen-bond acceptors (Lipinski definition) is 8. The molecule has 1 fully saturated rings. The number of nitrogens with zero attached hydrogens (tertiary/aromatic N) is 3. The van der Waals surface area contributed by atoms with Crippen LogP contribution in [-0.4, -0.2) is 55.1 Å². The molecule has 3 aromatic rings. The second-order valence-corrected chi connectivity index (χ2v) is 10.7. The number of nitrogens with one attached hydrogen (secondary N) is 1. The monoisotopic (exact) mass is 498 g/mol. The van der Waals surface area contributed by atoms with Crippen LogP contribution in [0, 0.1) is 5.92 Å². The maximum Gasteiger partial charge on any atom is 0.322 e. The van der Waals surface area contributed by atoms with E-state index in [-0.39, 0.29) is 16.5 Å². The maximum absolute atomic E-state index is 12.9. The molecule has 0 bridgehead atoms. The highest BCUT2D eigenvalue weighted by atomic mass is 32.2. The Balaban J connectivity index is 1.22. The number of hydrogen-bond donors (Lipinski definition) is 1. The molecule has 2 aliphatic rings. The lowest BCUT2D eigenvalue weighted by Crippen LogP contribution is -2.39. The molecule has 0 saturated carbocycles. The fourth-order valence-electron chi connectivity index (χ4n) is 4.21. The van der Waals surface area contributed by atoms with Crippen LogP contribution in [-0.2, 0) is 16.4 Å². The summed E-state index contributed by atoms with van der Waals surface area (Å²) in [6.07, 6.45) is 2.24.